The van der Waals surface area contributed by atoms with Gasteiger partial charge in [-0.3, -0.25) is 0 Å². The average Bonchev–Trinajstić information content (AvgIpc) is 2.28. The van der Waals surface area contributed by atoms with Gasteiger partial charge in [0.2, 0.25) is 10.0 Å². The van der Waals surface area contributed by atoms with Crippen LogP contribution in [0.5, 0.6) is 0 Å². The van der Waals surface area contributed by atoms with E-state index in [1.54, 1.807) is 25.1 Å². The number of hydrogen-bond acceptors (Lipinski definition) is 3. The van der Waals surface area contributed by atoms with Crippen molar-refractivity contribution in [3.8, 4) is 0 Å². The predicted molar refractivity (Wildman–Crippen MR) is 76.9 cm³/mol. The van der Waals surface area contributed by atoms with Crippen molar-refractivity contribution in [1.82, 2.24) is 4.31 Å². The molecule has 1 unspecified atom stereocenters. The van der Waals surface area contributed by atoms with E-state index in [4.69, 9.17) is 18.0 Å². The zero-order valence-corrected chi connectivity index (χ0v) is 12.4. The lowest BCUT2D eigenvalue weighted by molar-refractivity contribution is 0.445. The molecule has 0 bridgehead atoms. The summed E-state index contributed by atoms with van der Waals surface area (Å²) in [6.07, 6.45) is 0. The van der Waals surface area contributed by atoms with Crippen molar-refractivity contribution in [2.24, 2.45) is 11.7 Å². The first-order valence-corrected chi connectivity index (χ1v) is 7.43. The van der Waals surface area contributed by atoms with Crippen LogP contribution >= 0.6 is 12.2 Å². The van der Waals surface area contributed by atoms with Crippen LogP contribution in [-0.2, 0) is 10.0 Å². The molecule has 1 rings (SSSR count). The molecule has 0 radical (unpaired) electrons. The zero-order chi connectivity index (χ0) is 13.9. The smallest absolute Gasteiger partial charge is 0.243 e. The van der Waals surface area contributed by atoms with Gasteiger partial charge in [-0.05, 0) is 18.6 Å². The number of rotatable bonds is 5. The van der Waals surface area contributed by atoms with Gasteiger partial charge < -0.3 is 5.73 Å². The monoisotopic (exact) mass is 286 g/mol. The highest BCUT2D eigenvalue weighted by Crippen LogP contribution is 2.19. The van der Waals surface area contributed by atoms with Crippen molar-refractivity contribution < 1.29 is 8.42 Å². The van der Waals surface area contributed by atoms with E-state index in [1.165, 1.54) is 11.4 Å². The zero-order valence-electron chi connectivity index (χ0n) is 10.8. The summed E-state index contributed by atoms with van der Waals surface area (Å²) in [6, 6.07) is 6.90. The highest BCUT2D eigenvalue weighted by Gasteiger charge is 2.24. The fourth-order valence-electron chi connectivity index (χ4n) is 1.59. The van der Waals surface area contributed by atoms with E-state index in [0.717, 1.165) is 5.56 Å². The molecule has 1 aromatic carbocycles. The average molecular weight is 286 g/mol. The first kappa shape index (κ1) is 15.1. The Morgan fingerprint density at radius 2 is 2.00 bits per heavy atom. The van der Waals surface area contributed by atoms with Crippen molar-refractivity contribution in [2.45, 2.75) is 18.7 Å². The molecule has 2 N–H and O–H groups in total. The van der Waals surface area contributed by atoms with Crippen molar-refractivity contribution >= 4 is 27.2 Å². The fourth-order valence-corrected chi connectivity index (χ4v) is 3.14. The number of nitrogens with two attached hydrogens (primary N) is 1. The molecule has 0 heterocycles. The number of sulfonamides is 1. The number of thiocarbonyl (C=S) groups is 1. The molecule has 0 spiro atoms. The van der Waals surface area contributed by atoms with Gasteiger partial charge in [0.15, 0.2) is 0 Å². The molecule has 0 aromatic heterocycles. The molecule has 100 valence electrons. The van der Waals surface area contributed by atoms with Crippen LogP contribution in [0.1, 0.15) is 12.5 Å². The van der Waals surface area contributed by atoms with Crippen LogP contribution in [0.2, 0.25) is 0 Å². The third kappa shape index (κ3) is 3.28. The molecule has 1 atom stereocenters. The summed E-state index contributed by atoms with van der Waals surface area (Å²) >= 11 is 4.86. The second kappa shape index (κ2) is 5.77. The maximum Gasteiger partial charge on any atom is 0.243 e. The van der Waals surface area contributed by atoms with Gasteiger partial charge in [0.05, 0.1) is 9.88 Å². The maximum absolute atomic E-state index is 12.4. The lowest BCUT2D eigenvalue weighted by Crippen LogP contribution is -2.35. The molecule has 6 heteroatoms. The Bertz CT molecular complexity index is 541. The second-order valence-electron chi connectivity index (χ2n) is 4.35. The van der Waals surface area contributed by atoms with Gasteiger partial charge in [0, 0.05) is 19.5 Å². The Kier molecular flexibility index (Phi) is 4.84. The van der Waals surface area contributed by atoms with Gasteiger partial charge in [0.25, 0.3) is 0 Å². The molecule has 0 saturated carbocycles. The van der Waals surface area contributed by atoms with Crippen LogP contribution < -0.4 is 5.73 Å². The first-order chi connectivity index (χ1) is 8.26. The highest BCUT2D eigenvalue weighted by atomic mass is 32.2. The first-order valence-electron chi connectivity index (χ1n) is 5.58. The number of aryl methyl sites for hydroxylation is 1. The van der Waals surface area contributed by atoms with Gasteiger partial charge >= 0.3 is 0 Å². The van der Waals surface area contributed by atoms with Gasteiger partial charge in [-0.15, -0.1) is 0 Å². The normalized spacial score (nSPS) is 13.6. The van der Waals surface area contributed by atoms with Gasteiger partial charge in [-0.25, -0.2) is 12.7 Å². The number of hydrogen-bond donors (Lipinski definition) is 1. The molecule has 0 saturated heterocycles. The molecule has 18 heavy (non-hydrogen) atoms. The number of benzene rings is 1. The number of nitrogens with zero attached hydrogens (tertiary/aromatic N) is 1. The van der Waals surface area contributed by atoms with Crippen LogP contribution in [-0.4, -0.2) is 31.3 Å². The van der Waals surface area contributed by atoms with Crippen LogP contribution in [0.25, 0.3) is 0 Å². The Labute approximate surface area is 114 Å². The molecular formula is C12H18N2O2S2. The quantitative estimate of drug-likeness (QED) is 0.834. The van der Waals surface area contributed by atoms with E-state index < -0.39 is 10.0 Å². The topological polar surface area (TPSA) is 63.4 Å². The van der Waals surface area contributed by atoms with E-state index in [9.17, 15) is 8.42 Å². The van der Waals surface area contributed by atoms with Crippen molar-refractivity contribution in [1.29, 1.82) is 0 Å². The van der Waals surface area contributed by atoms with Gasteiger partial charge in [-0.1, -0.05) is 37.3 Å². The summed E-state index contributed by atoms with van der Waals surface area (Å²) in [5, 5.41) is 0. The van der Waals surface area contributed by atoms with E-state index in [-0.39, 0.29) is 12.5 Å². The molecule has 0 aliphatic heterocycles. The molecule has 1 aromatic rings. The summed E-state index contributed by atoms with van der Waals surface area (Å²) in [7, 11) is -1.94. The Hall–Kier alpha value is -0.980. The summed E-state index contributed by atoms with van der Waals surface area (Å²) in [5.41, 5.74) is 6.24. The molecule has 0 fully saturated rings. The largest absolute Gasteiger partial charge is 0.393 e. The molecule has 0 aliphatic rings. The standard InChI is InChI=1S/C12H18N2O2S2/c1-9-6-4-5-7-11(9)18(15,16)14(3)8-10(2)12(13)17/h4-7,10H,8H2,1-3H3,(H2,13,17). The van der Waals surface area contributed by atoms with E-state index in [0.29, 0.717) is 9.88 Å². The Morgan fingerprint density at radius 1 is 1.44 bits per heavy atom. The van der Waals surface area contributed by atoms with Crippen molar-refractivity contribution in [3.05, 3.63) is 29.8 Å². The van der Waals surface area contributed by atoms with Crippen molar-refractivity contribution in [3.63, 3.8) is 0 Å². The SMILES string of the molecule is Cc1ccccc1S(=O)(=O)N(C)CC(C)C(N)=S. The minimum atomic E-state index is -3.48. The predicted octanol–water partition coefficient (Wildman–Crippen LogP) is 1.54. The molecule has 0 aliphatic carbocycles. The lowest BCUT2D eigenvalue weighted by atomic mass is 10.2. The fraction of sp³-hybridized carbons (Fsp3) is 0.417. The lowest BCUT2D eigenvalue weighted by Gasteiger charge is -2.21. The van der Waals surface area contributed by atoms with Gasteiger partial charge in [0.1, 0.15) is 0 Å². The van der Waals surface area contributed by atoms with Crippen LogP contribution in [0.3, 0.4) is 0 Å². The Balaban J connectivity index is 3.01. The molecule has 4 nitrogen and oxygen atoms in total. The van der Waals surface area contributed by atoms with Gasteiger partial charge in [-0.2, -0.15) is 0 Å². The minimum Gasteiger partial charge on any atom is -0.393 e. The summed E-state index contributed by atoms with van der Waals surface area (Å²) < 4.78 is 26.0. The van der Waals surface area contributed by atoms with E-state index in [2.05, 4.69) is 0 Å². The second-order valence-corrected chi connectivity index (χ2v) is 6.84. The minimum absolute atomic E-state index is 0.149. The van der Waals surface area contributed by atoms with E-state index >= 15 is 0 Å². The van der Waals surface area contributed by atoms with Crippen molar-refractivity contribution in [2.75, 3.05) is 13.6 Å². The summed E-state index contributed by atoms with van der Waals surface area (Å²) in [5.74, 6) is -0.149. The Morgan fingerprint density at radius 3 is 2.50 bits per heavy atom. The third-order valence-corrected chi connectivity index (χ3v) is 5.18. The maximum atomic E-state index is 12.4. The molecule has 0 amide bonds. The summed E-state index contributed by atoms with van der Waals surface area (Å²) in [4.78, 5) is 0.643. The summed E-state index contributed by atoms with van der Waals surface area (Å²) in [6.45, 7) is 3.87. The highest BCUT2D eigenvalue weighted by molar-refractivity contribution is 7.89. The van der Waals surface area contributed by atoms with E-state index in [1.807, 2.05) is 13.0 Å². The molecular weight excluding hydrogens is 268 g/mol. The van der Waals surface area contributed by atoms with Crippen LogP contribution in [0.15, 0.2) is 29.2 Å². The van der Waals surface area contributed by atoms with Crippen LogP contribution in [0, 0.1) is 12.8 Å². The third-order valence-electron chi connectivity index (χ3n) is 2.80. The van der Waals surface area contributed by atoms with Crippen LogP contribution in [0.4, 0.5) is 0 Å².